The number of rotatable bonds is 3. The molecule has 0 bridgehead atoms. The molecule has 0 spiro atoms. The number of anilines is 1. The average molecular weight is 451 g/mol. The van der Waals surface area contributed by atoms with Crippen molar-refractivity contribution in [2.45, 2.75) is 18.7 Å². The molecule has 5 nitrogen and oxygen atoms in total. The number of para-hydroxylation sites is 1. The first-order chi connectivity index (χ1) is 15.2. The Morgan fingerprint density at radius 1 is 0.938 bits per heavy atom. The minimum atomic E-state index is -4.80. The van der Waals surface area contributed by atoms with E-state index in [1.54, 1.807) is 30.3 Å². The molecule has 32 heavy (non-hydrogen) atoms. The van der Waals surface area contributed by atoms with E-state index in [-0.39, 0.29) is 29.9 Å². The van der Waals surface area contributed by atoms with Crippen LogP contribution in [-0.4, -0.2) is 19.3 Å². The Morgan fingerprint density at radius 3 is 2.53 bits per heavy atom. The maximum Gasteiger partial charge on any atom is 0.586 e. The summed E-state index contributed by atoms with van der Waals surface area (Å²) in [6.07, 6.45) is -8.50. The van der Waals surface area contributed by atoms with Crippen molar-refractivity contribution in [3.8, 4) is 34.1 Å². The van der Waals surface area contributed by atoms with Gasteiger partial charge in [-0.3, -0.25) is 0 Å². The van der Waals surface area contributed by atoms with E-state index in [0.717, 1.165) is 0 Å². The summed E-state index contributed by atoms with van der Waals surface area (Å²) in [5, 5.41) is 3.27. The Bertz CT molecular complexity index is 1180. The largest absolute Gasteiger partial charge is 0.586 e. The molecule has 5 rings (SSSR count). The SMILES string of the molecule is FC(F)(F)Oc1cccc(-c2cccc3c2OCC(c2ccc4c(c2)OC(F)(F)O4)N3)c1. The summed E-state index contributed by atoms with van der Waals surface area (Å²) >= 11 is 0. The summed E-state index contributed by atoms with van der Waals surface area (Å²) in [5.74, 6) is -0.0129. The molecule has 166 valence electrons. The van der Waals surface area contributed by atoms with Crippen LogP contribution in [0.15, 0.2) is 60.7 Å². The van der Waals surface area contributed by atoms with Crippen LogP contribution in [0.3, 0.4) is 0 Å². The standard InChI is InChI=1S/C22H14F5NO4/c23-21(24,25)30-14-4-1-3-12(9-14)15-5-2-6-16-20(15)29-11-17(28-16)13-7-8-18-19(10-13)32-22(26,27)31-18/h1-10,17,28H,11H2. The van der Waals surface area contributed by atoms with Gasteiger partial charge in [-0.1, -0.05) is 30.3 Å². The molecule has 0 fully saturated rings. The molecule has 0 amide bonds. The van der Waals surface area contributed by atoms with Crippen LogP contribution < -0.4 is 24.3 Å². The molecule has 0 aromatic heterocycles. The number of hydrogen-bond donors (Lipinski definition) is 1. The predicted octanol–water partition coefficient (Wildman–Crippen LogP) is 6.12. The van der Waals surface area contributed by atoms with Gasteiger partial charge in [-0.15, -0.1) is 22.0 Å². The maximum atomic E-state index is 13.3. The van der Waals surface area contributed by atoms with Crippen molar-refractivity contribution in [1.82, 2.24) is 0 Å². The van der Waals surface area contributed by atoms with Crippen LogP contribution in [0.25, 0.3) is 11.1 Å². The first-order valence-corrected chi connectivity index (χ1v) is 9.45. The van der Waals surface area contributed by atoms with Crippen LogP contribution in [0.2, 0.25) is 0 Å². The second-order valence-electron chi connectivity index (χ2n) is 7.14. The van der Waals surface area contributed by atoms with Crippen molar-refractivity contribution >= 4 is 5.69 Å². The Hall–Kier alpha value is -3.69. The molecule has 3 aromatic rings. The van der Waals surface area contributed by atoms with Gasteiger partial charge in [-0.05, 0) is 41.5 Å². The van der Waals surface area contributed by atoms with Gasteiger partial charge in [-0.25, -0.2) is 0 Å². The summed E-state index contributed by atoms with van der Waals surface area (Å²) in [6, 6.07) is 14.9. The molecule has 0 saturated heterocycles. The molecule has 1 atom stereocenters. The topological polar surface area (TPSA) is 49.0 Å². The third-order valence-corrected chi connectivity index (χ3v) is 4.95. The number of fused-ring (bicyclic) bond motifs is 2. The molecule has 1 unspecified atom stereocenters. The maximum absolute atomic E-state index is 13.3. The summed E-state index contributed by atoms with van der Waals surface area (Å²) in [6.45, 7) is 0.152. The fourth-order valence-corrected chi connectivity index (χ4v) is 3.65. The molecule has 0 saturated carbocycles. The lowest BCUT2D eigenvalue weighted by molar-refractivity contribution is -0.286. The quantitative estimate of drug-likeness (QED) is 0.487. The van der Waals surface area contributed by atoms with Gasteiger partial charge in [0.1, 0.15) is 18.1 Å². The zero-order valence-electron chi connectivity index (χ0n) is 16.1. The second kappa shape index (κ2) is 7.18. The highest BCUT2D eigenvalue weighted by molar-refractivity contribution is 5.79. The third-order valence-electron chi connectivity index (χ3n) is 4.95. The van der Waals surface area contributed by atoms with E-state index >= 15 is 0 Å². The number of hydrogen-bond acceptors (Lipinski definition) is 5. The Kier molecular flexibility index (Phi) is 4.54. The molecule has 2 aliphatic rings. The molecular formula is C22H14F5NO4. The molecule has 2 heterocycles. The van der Waals surface area contributed by atoms with E-state index in [1.807, 2.05) is 0 Å². The van der Waals surface area contributed by atoms with Gasteiger partial charge in [0.05, 0.1) is 11.7 Å². The van der Waals surface area contributed by atoms with Crippen molar-refractivity contribution in [3.63, 3.8) is 0 Å². The highest BCUT2D eigenvalue weighted by atomic mass is 19.4. The zero-order valence-corrected chi connectivity index (χ0v) is 16.1. The molecular weight excluding hydrogens is 437 g/mol. The van der Waals surface area contributed by atoms with Gasteiger partial charge >= 0.3 is 12.7 Å². The van der Waals surface area contributed by atoms with E-state index < -0.39 is 12.7 Å². The van der Waals surface area contributed by atoms with Crippen molar-refractivity contribution in [2.75, 3.05) is 11.9 Å². The third kappa shape index (κ3) is 3.95. The van der Waals surface area contributed by atoms with Crippen LogP contribution >= 0.6 is 0 Å². The lowest BCUT2D eigenvalue weighted by Gasteiger charge is -2.29. The summed E-state index contributed by atoms with van der Waals surface area (Å²) in [5.41, 5.74) is 2.30. The summed E-state index contributed by atoms with van der Waals surface area (Å²) in [4.78, 5) is 0. The first kappa shape index (κ1) is 20.2. The van der Waals surface area contributed by atoms with Crippen LogP contribution in [0.1, 0.15) is 11.6 Å². The Balaban J connectivity index is 1.41. The van der Waals surface area contributed by atoms with Gasteiger partial charge in [-0.2, -0.15) is 0 Å². The fraction of sp³-hybridized carbons (Fsp3) is 0.182. The number of benzene rings is 3. The van der Waals surface area contributed by atoms with Crippen LogP contribution in [0.5, 0.6) is 23.0 Å². The van der Waals surface area contributed by atoms with E-state index in [2.05, 4.69) is 19.5 Å². The van der Waals surface area contributed by atoms with Gasteiger partial charge < -0.3 is 24.3 Å². The van der Waals surface area contributed by atoms with Crippen molar-refractivity contribution in [2.24, 2.45) is 0 Å². The molecule has 3 aromatic carbocycles. The number of ether oxygens (including phenoxy) is 4. The van der Waals surface area contributed by atoms with Gasteiger partial charge in [0.25, 0.3) is 0 Å². The summed E-state index contributed by atoms with van der Waals surface area (Å²) < 4.78 is 83.1. The van der Waals surface area contributed by atoms with Gasteiger partial charge in [0.15, 0.2) is 11.5 Å². The molecule has 1 N–H and O–H groups in total. The van der Waals surface area contributed by atoms with E-state index in [1.165, 1.54) is 30.3 Å². The van der Waals surface area contributed by atoms with Crippen molar-refractivity contribution < 1.29 is 40.9 Å². The minimum Gasteiger partial charge on any atom is -0.488 e. The highest BCUT2D eigenvalue weighted by Gasteiger charge is 2.43. The predicted molar refractivity (Wildman–Crippen MR) is 103 cm³/mol. The highest BCUT2D eigenvalue weighted by Crippen LogP contribution is 2.45. The number of alkyl halides is 5. The Morgan fingerprint density at radius 2 is 1.72 bits per heavy atom. The van der Waals surface area contributed by atoms with Crippen molar-refractivity contribution in [3.05, 3.63) is 66.2 Å². The Labute approximate surface area is 178 Å². The molecule has 0 aliphatic carbocycles. The van der Waals surface area contributed by atoms with E-state index in [9.17, 15) is 22.0 Å². The average Bonchev–Trinajstić information content (AvgIpc) is 3.04. The lowest BCUT2D eigenvalue weighted by Crippen LogP contribution is -2.26. The lowest BCUT2D eigenvalue weighted by atomic mass is 10.0. The normalized spacial score (nSPS) is 18.3. The van der Waals surface area contributed by atoms with Crippen LogP contribution in [0, 0.1) is 0 Å². The van der Waals surface area contributed by atoms with E-state index in [0.29, 0.717) is 28.1 Å². The molecule has 10 heteroatoms. The van der Waals surface area contributed by atoms with Crippen LogP contribution in [-0.2, 0) is 0 Å². The zero-order chi connectivity index (χ0) is 22.5. The van der Waals surface area contributed by atoms with Crippen molar-refractivity contribution in [1.29, 1.82) is 0 Å². The minimum absolute atomic E-state index is 0.0564. The fourth-order valence-electron chi connectivity index (χ4n) is 3.65. The molecule has 2 aliphatic heterocycles. The smallest absolute Gasteiger partial charge is 0.488 e. The monoisotopic (exact) mass is 451 g/mol. The van der Waals surface area contributed by atoms with E-state index in [4.69, 9.17) is 4.74 Å². The van der Waals surface area contributed by atoms with Gasteiger partial charge in [0, 0.05) is 5.56 Å². The number of nitrogens with one attached hydrogen (secondary N) is 1. The molecule has 0 radical (unpaired) electrons. The number of halogens is 5. The van der Waals surface area contributed by atoms with Gasteiger partial charge in [0.2, 0.25) is 0 Å². The summed E-state index contributed by atoms with van der Waals surface area (Å²) in [7, 11) is 0. The first-order valence-electron chi connectivity index (χ1n) is 9.45. The second-order valence-corrected chi connectivity index (χ2v) is 7.14. The van der Waals surface area contributed by atoms with Crippen LogP contribution in [0.4, 0.5) is 27.6 Å².